The molecule has 2 aliphatic rings. The van der Waals surface area contributed by atoms with Crippen LogP contribution in [0.2, 0.25) is 0 Å². The molecule has 0 amide bonds. The molecule has 0 radical (unpaired) electrons. The average molecular weight is 336 g/mol. The maximum atomic E-state index is 9.82. The zero-order valence-corrected chi connectivity index (χ0v) is 10.3. The molecule has 6 nitrogen and oxygen atoms in total. The van der Waals surface area contributed by atoms with Crippen LogP contribution in [0, 0.1) is 0 Å². The van der Waals surface area contributed by atoms with Gasteiger partial charge < -0.3 is 0 Å². The zero-order valence-electron chi connectivity index (χ0n) is 6.90. The quantitative estimate of drug-likeness (QED) is 0.311. The van der Waals surface area contributed by atoms with E-state index >= 15 is 0 Å². The van der Waals surface area contributed by atoms with Gasteiger partial charge in [-0.15, -0.1) is 0 Å². The molecule has 2 aliphatic heterocycles. The maximum absolute atomic E-state index is 9.82. The molecule has 0 aromatic carbocycles. The van der Waals surface area contributed by atoms with Crippen LogP contribution < -0.4 is 0 Å². The molecule has 8 heteroatoms. The van der Waals surface area contributed by atoms with E-state index in [0.717, 1.165) is 0 Å². The third-order valence-electron chi connectivity index (χ3n) is 2.33. The first-order chi connectivity index (χ1) is 6.44. The van der Waals surface area contributed by atoms with Gasteiger partial charge in [-0.25, -0.2) is 0 Å². The minimum absolute atomic E-state index is 0.302. The van der Waals surface area contributed by atoms with Gasteiger partial charge in [-0.2, -0.15) is 0 Å². The molecule has 2 rings (SSSR count). The van der Waals surface area contributed by atoms with Crippen LogP contribution in [0.25, 0.3) is 0 Å². The van der Waals surface area contributed by atoms with Crippen LogP contribution in [-0.2, 0) is 4.74 Å². The van der Waals surface area contributed by atoms with Gasteiger partial charge in [0.25, 0.3) is 0 Å². The van der Waals surface area contributed by atoms with Crippen molar-refractivity contribution >= 4 is 26.3 Å². The van der Waals surface area contributed by atoms with Gasteiger partial charge in [-0.05, 0) is 0 Å². The van der Waals surface area contributed by atoms with Crippen LogP contribution in [0.15, 0.2) is 0 Å². The van der Waals surface area contributed by atoms with Crippen molar-refractivity contribution in [2.75, 3.05) is 6.61 Å². The van der Waals surface area contributed by atoms with E-state index in [-0.39, 0.29) is 26.3 Å². The number of hydrogen-bond donors (Lipinski definition) is 5. The second-order valence-corrected chi connectivity index (χ2v) is 10.0. The molecule has 0 aliphatic carbocycles. The van der Waals surface area contributed by atoms with E-state index in [0.29, 0.717) is 0 Å². The Morgan fingerprint density at radius 1 is 1.21 bits per heavy atom. The topological polar surface area (TPSA) is 110 Å². The van der Waals surface area contributed by atoms with E-state index in [9.17, 15) is 20.4 Å². The number of fused-ring (bicyclic) bond motifs is 1. The van der Waals surface area contributed by atoms with Gasteiger partial charge in [-0.3, -0.25) is 0 Å². The van der Waals surface area contributed by atoms with Gasteiger partial charge in [0.15, 0.2) is 0 Å². The molecule has 0 aromatic heterocycles. The Morgan fingerprint density at radius 3 is 2.29 bits per heavy atom. The fourth-order valence-electron chi connectivity index (χ4n) is 1.39. The summed E-state index contributed by atoms with van der Waals surface area (Å²) in [5.74, 6) is 0. The number of hydrogen-bond acceptors (Lipinski definition) is 6. The second-order valence-electron chi connectivity index (χ2n) is 3.22. The fourth-order valence-corrected chi connectivity index (χ4v) is 9.25. The van der Waals surface area contributed by atoms with Crippen molar-refractivity contribution in [2.24, 2.45) is 0 Å². The van der Waals surface area contributed by atoms with Gasteiger partial charge in [0.1, 0.15) is 0 Å². The summed E-state index contributed by atoms with van der Waals surface area (Å²) in [7, 11) is 0. The summed E-state index contributed by atoms with van der Waals surface area (Å²) in [6.07, 6.45) is -3.84. The fraction of sp³-hybridized carbons (Fsp3) is 1.00. The number of aliphatic hydroxyl groups is 5. The van der Waals surface area contributed by atoms with E-state index in [1.54, 1.807) is 0 Å². The molecule has 0 unspecified atom stereocenters. The number of rotatable bonds is 1. The van der Waals surface area contributed by atoms with Crippen molar-refractivity contribution in [1.29, 1.82) is 0 Å². The predicted octanol–water partition coefficient (Wildman–Crippen LogP) is -4.23. The molecule has 0 aromatic rings. The molecular weight excluding hydrogens is 326 g/mol. The van der Waals surface area contributed by atoms with E-state index in [1.807, 2.05) is 0 Å². The van der Waals surface area contributed by atoms with Gasteiger partial charge in [-0.1, -0.05) is 0 Å². The van der Waals surface area contributed by atoms with E-state index in [2.05, 4.69) is 0 Å². The second kappa shape index (κ2) is 3.40. The Balaban J connectivity index is 2.25. The summed E-state index contributed by atoms with van der Waals surface area (Å²) >= 11 is -0.626. The first-order valence-electron chi connectivity index (χ1n) is 3.91. The molecule has 5 N–H and O–H groups in total. The Hall–Kier alpha value is 0.799. The van der Waals surface area contributed by atoms with Crippen molar-refractivity contribution in [1.82, 2.24) is 0 Å². The molecule has 5 atom stereocenters. The third kappa shape index (κ3) is 1.25. The average Bonchev–Trinajstić information content (AvgIpc) is 2.19. The van der Waals surface area contributed by atoms with Crippen LogP contribution in [0.5, 0.6) is 0 Å². The van der Waals surface area contributed by atoms with Gasteiger partial charge >= 0.3 is 90.6 Å². The minimum atomic E-state index is -1.74. The molecule has 2 fully saturated rings. The van der Waals surface area contributed by atoms with Crippen LogP contribution in [-0.4, -0.2) is 85.9 Å². The van der Waals surface area contributed by atoms with E-state index in [4.69, 9.17) is 9.84 Å². The number of aliphatic hydroxyl groups excluding tert-OH is 3. The van der Waals surface area contributed by atoms with Crippen LogP contribution in [0.4, 0.5) is 0 Å². The molecule has 0 bridgehead atoms. The SMILES string of the molecule is OC[C@H]1O[C@]2(O)[Se][Se][C@]2(O)[C@@H](O)[C@H]1O. The summed E-state index contributed by atoms with van der Waals surface area (Å²) in [5, 5.41) is 47.4. The van der Waals surface area contributed by atoms with Gasteiger partial charge in [0, 0.05) is 0 Å². The molecule has 14 heavy (non-hydrogen) atoms. The van der Waals surface area contributed by atoms with E-state index in [1.165, 1.54) is 0 Å². The monoisotopic (exact) mass is 338 g/mol. The number of ether oxygens (including phenoxy) is 1. The molecular formula is C6H10O6Se2. The first kappa shape index (κ1) is 11.3. The predicted molar refractivity (Wildman–Crippen MR) is 45.4 cm³/mol. The molecule has 2 saturated heterocycles. The summed E-state index contributed by atoms with van der Waals surface area (Å²) in [4.78, 5) is 0. The Morgan fingerprint density at radius 2 is 1.86 bits per heavy atom. The summed E-state index contributed by atoms with van der Waals surface area (Å²) in [6, 6.07) is 0. The zero-order chi connectivity index (χ0) is 10.6. The van der Waals surface area contributed by atoms with Crippen LogP contribution >= 0.6 is 0 Å². The standard InChI is InChI=1S/C6H10O6Se2/c7-1-2-3(8)4(9)5(10)6(11,12-2)14-13-5/h2-4,7-11H,1H2/t2-,3+,4+,5-,6+/m1/s1. The van der Waals surface area contributed by atoms with Crippen molar-refractivity contribution < 1.29 is 30.3 Å². The summed E-state index contributed by atoms with van der Waals surface area (Å²) in [5.41, 5.74) is 0. The Kier molecular flexibility index (Phi) is 2.74. The van der Waals surface area contributed by atoms with Crippen molar-refractivity contribution in [3.8, 4) is 0 Å². The normalized spacial score (nSPS) is 57.6. The van der Waals surface area contributed by atoms with Crippen molar-refractivity contribution in [3.63, 3.8) is 0 Å². The van der Waals surface area contributed by atoms with Crippen LogP contribution in [0.1, 0.15) is 0 Å². The molecule has 0 saturated carbocycles. The Labute approximate surface area is 90.8 Å². The van der Waals surface area contributed by atoms with Gasteiger partial charge in [0.05, 0.1) is 0 Å². The van der Waals surface area contributed by atoms with Crippen molar-refractivity contribution in [3.05, 3.63) is 0 Å². The molecule has 82 valence electrons. The third-order valence-corrected chi connectivity index (χ3v) is 12.3. The Bertz CT molecular complexity index is 252. The van der Waals surface area contributed by atoms with Crippen molar-refractivity contribution in [2.45, 2.75) is 27.5 Å². The summed E-state index contributed by atoms with van der Waals surface area (Å²) in [6.45, 7) is -0.500. The molecule has 0 spiro atoms. The molecule has 2 heterocycles. The first-order valence-corrected chi connectivity index (χ1v) is 9.95. The van der Waals surface area contributed by atoms with E-state index < -0.39 is 34.1 Å². The van der Waals surface area contributed by atoms with Crippen LogP contribution in [0.3, 0.4) is 0 Å². The summed E-state index contributed by atoms with van der Waals surface area (Å²) < 4.78 is 1.54. The van der Waals surface area contributed by atoms with Gasteiger partial charge in [0.2, 0.25) is 0 Å².